The van der Waals surface area contributed by atoms with Gasteiger partial charge in [-0.25, -0.2) is 0 Å². The van der Waals surface area contributed by atoms with E-state index in [1.54, 1.807) is 12.0 Å². The summed E-state index contributed by atoms with van der Waals surface area (Å²) in [6, 6.07) is 7.36. The number of nitrogens with two attached hydrogens (primary N) is 1. The van der Waals surface area contributed by atoms with Crippen molar-refractivity contribution in [1.29, 1.82) is 0 Å². The van der Waals surface area contributed by atoms with Crippen LogP contribution in [0, 0.1) is 0 Å². The second-order valence-electron chi connectivity index (χ2n) is 4.60. The first-order valence-corrected chi connectivity index (χ1v) is 6.79. The Morgan fingerprint density at radius 3 is 2.42 bits per heavy atom. The number of carbonyl (C=O) groups is 1. The van der Waals surface area contributed by atoms with Crippen LogP contribution in [-0.2, 0) is 11.3 Å². The van der Waals surface area contributed by atoms with Crippen molar-refractivity contribution in [3.8, 4) is 5.75 Å². The van der Waals surface area contributed by atoms with Crippen molar-refractivity contribution < 1.29 is 9.53 Å². The number of hydrogen-bond acceptors (Lipinski definition) is 3. The van der Waals surface area contributed by atoms with E-state index in [0.717, 1.165) is 24.2 Å². The van der Waals surface area contributed by atoms with Crippen molar-refractivity contribution in [1.82, 2.24) is 4.90 Å². The molecule has 1 atom stereocenters. The molecule has 4 heteroatoms. The molecule has 0 saturated heterocycles. The molecule has 0 aliphatic heterocycles. The summed E-state index contributed by atoms with van der Waals surface area (Å²) in [7, 11) is 1.64. The predicted molar refractivity (Wildman–Crippen MR) is 77.0 cm³/mol. The lowest BCUT2D eigenvalue weighted by atomic mass is 10.1. The predicted octanol–water partition coefficient (Wildman–Crippen LogP) is 2.17. The van der Waals surface area contributed by atoms with E-state index >= 15 is 0 Å². The van der Waals surface area contributed by atoms with E-state index in [0.29, 0.717) is 13.1 Å². The molecular weight excluding hydrogens is 240 g/mol. The summed E-state index contributed by atoms with van der Waals surface area (Å²) in [4.78, 5) is 14.0. The maximum atomic E-state index is 12.2. The van der Waals surface area contributed by atoms with Crippen LogP contribution in [0.3, 0.4) is 0 Å². The molecule has 2 N–H and O–H groups in total. The summed E-state index contributed by atoms with van der Waals surface area (Å²) in [5, 5.41) is 0. The number of rotatable bonds is 7. The summed E-state index contributed by atoms with van der Waals surface area (Å²) in [6.45, 7) is 5.27. The Bertz CT molecular complexity index is 390. The second-order valence-corrected chi connectivity index (χ2v) is 4.60. The monoisotopic (exact) mass is 264 g/mol. The third-order valence-corrected chi connectivity index (χ3v) is 3.14. The van der Waals surface area contributed by atoms with E-state index in [2.05, 4.69) is 0 Å². The third-order valence-electron chi connectivity index (χ3n) is 3.14. The van der Waals surface area contributed by atoms with Crippen molar-refractivity contribution in [3.05, 3.63) is 29.8 Å². The lowest BCUT2D eigenvalue weighted by Gasteiger charge is -2.24. The lowest BCUT2D eigenvalue weighted by molar-refractivity contribution is -0.133. The number of ether oxygens (including phenoxy) is 1. The van der Waals surface area contributed by atoms with Crippen molar-refractivity contribution in [3.63, 3.8) is 0 Å². The number of nitrogens with zero attached hydrogens (tertiary/aromatic N) is 1. The minimum Gasteiger partial charge on any atom is -0.497 e. The highest BCUT2D eigenvalue weighted by Gasteiger charge is 2.19. The fourth-order valence-electron chi connectivity index (χ4n) is 1.97. The minimum absolute atomic E-state index is 0.0279. The first-order chi connectivity index (χ1) is 9.12. The van der Waals surface area contributed by atoms with Crippen LogP contribution in [0.2, 0.25) is 0 Å². The van der Waals surface area contributed by atoms with E-state index in [1.165, 1.54) is 0 Å². The summed E-state index contributed by atoms with van der Waals surface area (Å²) < 4.78 is 5.12. The van der Waals surface area contributed by atoms with Gasteiger partial charge >= 0.3 is 0 Å². The molecule has 0 aromatic heterocycles. The minimum atomic E-state index is -0.386. The van der Waals surface area contributed by atoms with E-state index < -0.39 is 0 Å². The smallest absolute Gasteiger partial charge is 0.239 e. The number of amides is 1. The van der Waals surface area contributed by atoms with E-state index in [1.807, 2.05) is 38.1 Å². The van der Waals surface area contributed by atoms with Crippen LogP contribution in [0.1, 0.15) is 32.3 Å². The number of carbonyl (C=O) groups excluding carboxylic acids is 1. The summed E-state index contributed by atoms with van der Waals surface area (Å²) in [5.41, 5.74) is 6.98. The Hall–Kier alpha value is -1.55. The Labute approximate surface area is 115 Å². The fourth-order valence-corrected chi connectivity index (χ4v) is 1.97. The standard InChI is InChI=1S/C15H24N2O2/c1-4-6-14(16)15(18)17(5-2)11-12-7-9-13(19-3)10-8-12/h7-10,14H,4-6,11,16H2,1-3H3/t14-/m0/s1. The molecule has 1 aromatic rings. The van der Waals surface area contributed by atoms with Crippen LogP contribution in [0.25, 0.3) is 0 Å². The number of likely N-dealkylation sites (N-methyl/N-ethyl adjacent to an activating group) is 1. The SMILES string of the molecule is CCC[C@H](N)C(=O)N(CC)Cc1ccc(OC)cc1. The Morgan fingerprint density at radius 2 is 1.95 bits per heavy atom. The number of methoxy groups -OCH3 is 1. The van der Waals surface area contributed by atoms with E-state index in [-0.39, 0.29) is 11.9 Å². The van der Waals surface area contributed by atoms with Crippen LogP contribution in [0.15, 0.2) is 24.3 Å². The highest BCUT2D eigenvalue weighted by Crippen LogP contribution is 2.13. The Balaban J connectivity index is 2.67. The largest absolute Gasteiger partial charge is 0.497 e. The molecule has 0 saturated carbocycles. The van der Waals surface area contributed by atoms with Gasteiger partial charge in [0, 0.05) is 13.1 Å². The first-order valence-electron chi connectivity index (χ1n) is 6.79. The fraction of sp³-hybridized carbons (Fsp3) is 0.533. The van der Waals surface area contributed by atoms with Gasteiger partial charge in [0.25, 0.3) is 0 Å². The zero-order valence-electron chi connectivity index (χ0n) is 12.1. The number of benzene rings is 1. The molecule has 0 aliphatic rings. The zero-order chi connectivity index (χ0) is 14.3. The van der Waals surface area contributed by atoms with Gasteiger partial charge in [-0.05, 0) is 31.0 Å². The van der Waals surface area contributed by atoms with Gasteiger partial charge in [0.2, 0.25) is 5.91 Å². The van der Waals surface area contributed by atoms with Gasteiger partial charge in [-0.15, -0.1) is 0 Å². The molecule has 0 unspecified atom stereocenters. The molecule has 1 aromatic carbocycles. The summed E-state index contributed by atoms with van der Waals surface area (Å²) in [5.74, 6) is 0.848. The van der Waals surface area contributed by atoms with Crippen LogP contribution in [-0.4, -0.2) is 30.5 Å². The zero-order valence-corrected chi connectivity index (χ0v) is 12.1. The number of hydrogen-bond donors (Lipinski definition) is 1. The van der Waals surface area contributed by atoms with Gasteiger partial charge in [0.05, 0.1) is 13.2 Å². The highest BCUT2D eigenvalue weighted by molar-refractivity contribution is 5.81. The van der Waals surface area contributed by atoms with E-state index in [4.69, 9.17) is 10.5 Å². The normalized spacial score (nSPS) is 12.0. The molecule has 1 rings (SSSR count). The van der Waals surface area contributed by atoms with Gasteiger partial charge in [-0.1, -0.05) is 25.5 Å². The van der Waals surface area contributed by atoms with Gasteiger partial charge in [-0.3, -0.25) is 4.79 Å². The van der Waals surface area contributed by atoms with Gasteiger partial charge < -0.3 is 15.4 Å². The lowest BCUT2D eigenvalue weighted by Crippen LogP contribution is -2.43. The summed E-state index contributed by atoms with van der Waals surface area (Å²) in [6.07, 6.45) is 1.66. The molecule has 19 heavy (non-hydrogen) atoms. The molecule has 0 spiro atoms. The molecule has 106 valence electrons. The van der Waals surface area contributed by atoms with Gasteiger partial charge in [-0.2, -0.15) is 0 Å². The van der Waals surface area contributed by atoms with Crippen LogP contribution in [0.5, 0.6) is 5.75 Å². The maximum Gasteiger partial charge on any atom is 0.239 e. The van der Waals surface area contributed by atoms with Gasteiger partial charge in [0.15, 0.2) is 0 Å². The highest BCUT2D eigenvalue weighted by atomic mass is 16.5. The van der Waals surface area contributed by atoms with Crippen molar-refractivity contribution in [2.45, 2.75) is 39.3 Å². The molecule has 0 fully saturated rings. The van der Waals surface area contributed by atoms with Crippen molar-refractivity contribution in [2.24, 2.45) is 5.73 Å². The Kier molecular flexibility index (Phi) is 6.36. The first kappa shape index (κ1) is 15.5. The average molecular weight is 264 g/mol. The summed E-state index contributed by atoms with van der Waals surface area (Å²) >= 11 is 0. The third kappa shape index (κ3) is 4.56. The van der Waals surface area contributed by atoms with Crippen molar-refractivity contribution >= 4 is 5.91 Å². The topological polar surface area (TPSA) is 55.6 Å². The molecule has 0 aliphatic carbocycles. The van der Waals surface area contributed by atoms with Crippen LogP contribution < -0.4 is 10.5 Å². The molecule has 1 amide bonds. The molecular formula is C15H24N2O2. The molecule has 0 heterocycles. The maximum absolute atomic E-state index is 12.2. The van der Waals surface area contributed by atoms with Gasteiger partial charge in [0.1, 0.15) is 5.75 Å². The second kappa shape index (κ2) is 7.79. The van der Waals surface area contributed by atoms with Crippen molar-refractivity contribution in [2.75, 3.05) is 13.7 Å². The van der Waals surface area contributed by atoms with Crippen LogP contribution in [0.4, 0.5) is 0 Å². The quantitative estimate of drug-likeness (QED) is 0.821. The molecule has 4 nitrogen and oxygen atoms in total. The average Bonchev–Trinajstić information content (AvgIpc) is 2.45. The molecule has 0 radical (unpaired) electrons. The Morgan fingerprint density at radius 1 is 1.32 bits per heavy atom. The van der Waals surface area contributed by atoms with Crippen LogP contribution >= 0.6 is 0 Å². The van der Waals surface area contributed by atoms with E-state index in [9.17, 15) is 4.79 Å². The molecule has 0 bridgehead atoms.